The van der Waals surface area contributed by atoms with Gasteiger partial charge in [0.1, 0.15) is 0 Å². The van der Waals surface area contributed by atoms with Gasteiger partial charge in [0.15, 0.2) is 0 Å². The first kappa shape index (κ1) is 14.1. The summed E-state index contributed by atoms with van der Waals surface area (Å²) in [6, 6.07) is 6.01. The molecule has 1 unspecified atom stereocenters. The van der Waals surface area contributed by atoms with Crippen LogP contribution in [0, 0.1) is 11.3 Å². The van der Waals surface area contributed by atoms with Crippen molar-refractivity contribution in [2.24, 2.45) is 0 Å². The highest BCUT2D eigenvalue weighted by molar-refractivity contribution is 9.09. The Morgan fingerprint density at radius 2 is 2.41 bits per heavy atom. The molecule has 0 aliphatic heterocycles. The van der Waals surface area contributed by atoms with Crippen molar-refractivity contribution in [3.63, 3.8) is 0 Å². The van der Waals surface area contributed by atoms with E-state index < -0.39 is 6.10 Å². The lowest BCUT2D eigenvalue weighted by molar-refractivity contribution is 0.128. The molecule has 1 N–H and O–H groups in total. The molecule has 5 heteroatoms. The largest absolute Gasteiger partial charge is 0.391 e. The second-order valence-corrected chi connectivity index (χ2v) is 4.46. The molecule has 0 aliphatic rings. The van der Waals surface area contributed by atoms with Crippen molar-refractivity contribution in [1.29, 1.82) is 5.26 Å². The minimum atomic E-state index is -0.412. The number of halogens is 1. The number of aliphatic hydroxyl groups is 1. The Morgan fingerprint density at radius 3 is 3.00 bits per heavy atom. The molecule has 1 heterocycles. The molecule has 0 saturated heterocycles. The minimum absolute atomic E-state index is 0.412. The zero-order valence-corrected chi connectivity index (χ0v) is 11.2. The second kappa shape index (κ2) is 8.18. The van der Waals surface area contributed by atoms with Gasteiger partial charge in [-0.1, -0.05) is 22.0 Å². The number of aliphatic hydroxyl groups excluding tert-OH is 1. The van der Waals surface area contributed by atoms with Crippen molar-refractivity contribution in [2.75, 3.05) is 18.4 Å². The van der Waals surface area contributed by atoms with E-state index in [4.69, 9.17) is 5.26 Å². The SMILES string of the molecule is N#CCCN(Cc1cccnc1)CC(O)CBr. The Hall–Kier alpha value is -0.960. The highest BCUT2D eigenvalue weighted by Crippen LogP contribution is 2.05. The summed E-state index contributed by atoms with van der Waals surface area (Å²) >= 11 is 3.24. The van der Waals surface area contributed by atoms with Gasteiger partial charge in [-0.15, -0.1) is 0 Å². The van der Waals surface area contributed by atoms with Crippen molar-refractivity contribution in [3.8, 4) is 6.07 Å². The van der Waals surface area contributed by atoms with Crippen molar-refractivity contribution in [2.45, 2.75) is 19.1 Å². The molecule has 0 radical (unpaired) electrons. The maximum atomic E-state index is 9.62. The molecule has 4 nitrogen and oxygen atoms in total. The summed E-state index contributed by atoms with van der Waals surface area (Å²) < 4.78 is 0. The van der Waals surface area contributed by atoms with Gasteiger partial charge < -0.3 is 5.11 Å². The number of hydrogen-bond acceptors (Lipinski definition) is 4. The van der Waals surface area contributed by atoms with Gasteiger partial charge in [-0.3, -0.25) is 9.88 Å². The topological polar surface area (TPSA) is 60.2 Å². The maximum absolute atomic E-state index is 9.62. The summed E-state index contributed by atoms with van der Waals surface area (Å²) in [7, 11) is 0. The lowest BCUT2D eigenvalue weighted by atomic mass is 10.2. The molecule has 0 aliphatic carbocycles. The van der Waals surface area contributed by atoms with Gasteiger partial charge >= 0.3 is 0 Å². The van der Waals surface area contributed by atoms with Gasteiger partial charge in [-0.25, -0.2) is 0 Å². The number of nitriles is 1. The van der Waals surface area contributed by atoms with Crippen LogP contribution in [0.1, 0.15) is 12.0 Å². The standard InChI is InChI=1S/C12H16BrN3O/c13-7-12(17)10-16(6-2-4-14)9-11-3-1-5-15-8-11/h1,3,5,8,12,17H,2,6-7,9-10H2. The van der Waals surface area contributed by atoms with Crippen LogP contribution in [0.3, 0.4) is 0 Å². The smallest absolute Gasteiger partial charge is 0.0763 e. The average molecular weight is 298 g/mol. The number of hydrogen-bond donors (Lipinski definition) is 1. The Bertz CT molecular complexity index is 353. The maximum Gasteiger partial charge on any atom is 0.0763 e. The van der Waals surface area contributed by atoms with Gasteiger partial charge in [0.05, 0.1) is 12.2 Å². The molecule has 0 fully saturated rings. The summed E-state index contributed by atoms with van der Waals surface area (Å²) in [4.78, 5) is 6.12. The van der Waals surface area contributed by atoms with E-state index in [-0.39, 0.29) is 0 Å². The molecule has 0 aromatic carbocycles. The molecule has 1 atom stereocenters. The molecule has 0 amide bonds. The summed E-state index contributed by atoms with van der Waals surface area (Å²) in [5.41, 5.74) is 1.09. The predicted molar refractivity (Wildman–Crippen MR) is 69.5 cm³/mol. The van der Waals surface area contributed by atoms with Gasteiger partial charge in [0, 0.05) is 43.8 Å². The van der Waals surface area contributed by atoms with Crippen LogP contribution in [0.4, 0.5) is 0 Å². The Morgan fingerprint density at radius 1 is 1.59 bits per heavy atom. The number of rotatable bonds is 7. The average Bonchev–Trinajstić information content (AvgIpc) is 2.37. The molecule has 92 valence electrons. The molecule has 17 heavy (non-hydrogen) atoms. The van der Waals surface area contributed by atoms with E-state index in [0.717, 1.165) is 5.56 Å². The number of alkyl halides is 1. The first-order valence-corrected chi connectivity index (χ1v) is 6.60. The summed E-state index contributed by atoms with van der Waals surface area (Å²) in [5.74, 6) is 0. The van der Waals surface area contributed by atoms with Gasteiger partial charge in [0.25, 0.3) is 0 Å². The highest BCUT2D eigenvalue weighted by Gasteiger charge is 2.11. The predicted octanol–water partition coefficient (Wildman–Crippen LogP) is 1.55. The normalized spacial score (nSPS) is 12.4. The molecule has 0 bridgehead atoms. The Labute approximate surface area is 110 Å². The fourth-order valence-corrected chi connectivity index (χ4v) is 1.74. The van der Waals surface area contributed by atoms with Crippen LogP contribution in [0.5, 0.6) is 0 Å². The van der Waals surface area contributed by atoms with Gasteiger partial charge in [0.2, 0.25) is 0 Å². The first-order chi connectivity index (χ1) is 8.26. The van der Waals surface area contributed by atoms with Crippen LogP contribution in [0.15, 0.2) is 24.5 Å². The van der Waals surface area contributed by atoms with Crippen molar-refractivity contribution in [1.82, 2.24) is 9.88 Å². The number of aromatic nitrogens is 1. The van der Waals surface area contributed by atoms with Gasteiger partial charge in [-0.2, -0.15) is 5.26 Å². The molecule has 1 aromatic heterocycles. The lowest BCUT2D eigenvalue weighted by Gasteiger charge is -2.23. The Balaban J connectivity index is 2.54. The van der Waals surface area contributed by atoms with Crippen LogP contribution in [-0.2, 0) is 6.54 Å². The van der Waals surface area contributed by atoms with E-state index >= 15 is 0 Å². The second-order valence-electron chi connectivity index (χ2n) is 3.81. The number of nitrogens with zero attached hydrogens (tertiary/aromatic N) is 3. The monoisotopic (exact) mass is 297 g/mol. The van der Waals surface area contributed by atoms with E-state index in [0.29, 0.717) is 31.4 Å². The van der Waals surface area contributed by atoms with E-state index in [1.54, 1.807) is 12.4 Å². The quantitative estimate of drug-likeness (QED) is 0.776. The summed E-state index contributed by atoms with van der Waals surface area (Å²) in [6.07, 6.45) is 3.59. The van der Waals surface area contributed by atoms with Crippen LogP contribution in [0.2, 0.25) is 0 Å². The van der Waals surface area contributed by atoms with E-state index in [1.165, 1.54) is 0 Å². The van der Waals surface area contributed by atoms with Crippen molar-refractivity contribution >= 4 is 15.9 Å². The van der Waals surface area contributed by atoms with Crippen LogP contribution in [0.25, 0.3) is 0 Å². The zero-order valence-electron chi connectivity index (χ0n) is 9.59. The van der Waals surface area contributed by atoms with Crippen molar-refractivity contribution in [3.05, 3.63) is 30.1 Å². The van der Waals surface area contributed by atoms with E-state index in [9.17, 15) is 5.11 Å². The fourth-order valence-electron chi connectivity index (χ4n) is 1.54. The Kier molecular flexibility index (Phi) is 6.78. The molecule has 0 spiro atoms. The highest BCUT2D eigenvalue weighted by atomic mass is 79.9. The lowest BCUT2D eigenvalue weighted by Crippen LogP contribution is -2.33. The number of pyridine rings is 1. The first-order valence-electron chi connectivity index (χ1n) is 5.48. The molecular formula is C12H16BrN3O. The fraction of sp³-hybridized carbons (Fsp3) is 0.500. The van der Waals surface area contributed by atoms with E-state index in [1.807, 2.05) is 12.1 Å². The van der Waals surface area contributed by atoms with Crippen LogP contribution < -0.4 is 0 Å². The molecule has 0 saturated carbocycles. The third-order valence-electron chi connectivity index (χ3n) is 2.32. The van der Waals surface area contributed by atoms with Crippen LogP contribution in [-0.4, -0.2) is 39.5 Å². The molecule has 1 aromatic rings. The summed E-state index contributed by atoms with van der Waals surface area (Å²) in [6.45, 7) is 1.93. The molecular weight excluding hydrogens is 282 g/mol. The summed E-state index contributed by atoms with van der Waals surface area (Å²) in [5, 5.41) is 18.8. The molecule has 1 rings (SSSR count). The van der Waals surface area contributed by atoms with Crippen LogP contribution >= 0.6 is 15.9 Å². The van der Waals surface area contributed by atoms with E-state index in [2.05, 4.69) is 31.9 Å². The minimum Gasteiger partial charge on any atom is -0.391 e. The van der Waals surface area contributed by atoms with Crippen molar-refractivity contribution < 1.29 is 5.11 Å². The third kappa shape index (κ3) is 5.78. The zero-order chi connectivity index (χ0) is 12.5. The van der Waals surface area contributed by atoms with Gasteiger partial charge in [-0.05, 0) is 11.6 Å². The third-order valence-corrected chi connectivity index (χ3v) is 3.06.